The van der Waals surface area contributed by atoms with E-state index in [2.05, 4.69) is 35.5 Å². The lowest BCUT2D eigenvalue weighted by Crippen LogP contribution is -2.59. The Labute approximate surface area is 185 Å². The van der Waals surface area contributed by atoms with Crippen LogP contribution in [0, 0.1) is 35.5 Å². The Morgan fingerprint density at radius 1 is 1.09 bits per heavy atom. The van der Waals surface area contributed by atoms with Crippen LogP contribution in [0.25, 0.3) is 0 Å². The normalized spacial score (nSPS) is 25.3. The van der Waals surface area contributed by atoms with E-state index in [0.717, 1.165) is 0 Å². The molecule has 0 amide bonds. The van der Waals surface area contributed by atoms with Crippen molar-refractivity contribution in [2.75, 3.05) is 13.2 Å². The molecule has 0 aromatic rings. The van der Waals surface area contributed by atoms with E-state index in [-0.39, 0.29) is 13.0 Å². The molecule has 1 aliphatic heterocycles. The van der Waals surface area contributed by atoms with Crippen LogP contribution in [0.15, 0.2) is 12.2 Å². The van der Waals surface area contributed by atoms with Crippen LogP contribution in [0.4, 0.5) is 0 Å². The van der Waals surface area contributed by atoms with Gasteiger partial charge >= 0.3 is 11.9 Å². The largest absolute Gasteiger partial charge is 0.481 e. The number of hydrogen-bond donors (Lipinski definition) is 5. The molecule has 32 heavy (non-hydrogen) atoms. The molecule has 0 aromatic heterocycles. The topological polar surface area (TPSA) is 163 Å². The fourth-order valence-corrected chi connectivity index (χ4v) is 2.55. The van der Waals surface area contributed by atoms with Crippen LogP contribution in [0.5, 0.6) is 0 Å². The Balaban J connectivity index is 2.74. The first-order valence-corrected chi connectivity index (χ1v) is 9.70. The van der Waals surface area contributed by atoms with Gasteiger partial charge in [-0.3, -0.25) is 9.59 Å². The highest BCUT2D eigenvalue weighted by Gasteiger charge is 2.44. The van der Waals surface area contributed by atoms with E-state index in [0.29, 0.717) is 6.42 Å². The van der Waals surface area contributed by atoms with Gasteiger partial charge < -0.3 is 39.7 Å². The molecule has 0 aromatic carbocycles. The monoisotopic (exact) mass is 450 g/mol. The summed E-state index contributed by atoms with van der Waals surface area (Å²) >= 11 is 0. The first-order valence-electron chi connectivity index (χ1n) is 9.70. The maximum absolute atomic E-state index is 11.5. The summed E-state index contributed by atoms with van der Waals surface area (Å²) in [4.78, 5) is 22.1. The Bertz CT molecular complexity index is 830. The second kappa shape index (κ2) is 15.0. The molecule has 6 atom stereocenters. The molecule has 0 bridgehead atoms. The van der Waals surface area contributed by atoms with Crippen LogP contribution < -0.4 is 0 Å². The van der Waals surface area contributed by atoms with E-state index in [9.17, 15) is 30.0 Å². The number of aliphatic hydroxyl groups excluding tert-OH is 4. The second-order valence-corrected chi connectivity index (χ2v) is 6.58. The minimum Gasteiger partial charge on any atom is -0.481 e. The standard InChI is InChI=1S/C22H26O10/c1-2-3-4-5-6-7-8-9-10-11-15(14-30-18(26)12-17(24)25)31-22-21(29)20(28)19(27)16(13-23)32-22/h8-9,15-16,19-23,27-29H,10-14H2,1H3,(H,24,25)/b9-8+/t15?,16-,19-,20+,21-,22-/m1/s1. The van der Waals surface area contributed by atoms with Gasteiger partial charge in [-0.15, -0.1) is 0 Å². The highest BCUT2D eigenvalue weighted by molar-refractivity contribution is 5.90. The average molecular weight is 450 g/mol. The lowest BCUT2D eigenvalue weighted by atomic mass is 9.99. The van der Waals surface area contributed by atoms with Gasteiger partial charge in [-0.05, 0) is 49.5 Å². The Hall–Kier alpha value is -2.88. The van der Waals surface area contributed by atoms with Crippen LogP contribution in [-0.2, 0) is 23.8 Å². The first-order chi connectivity index (χ1) is 15.3. The highest BCUT2D eigenvalue weighted by atomic mass is 16.7. The number of esters is 1. The SMILES string of the molecule is CC#CC#CC#C/C=C/CCC(COC(=O)CC(=O)O)O[C@@H]1O[C@H](CO)[C@@H](O)[C@H](O)[C@H]1O. The number of aliphatic carboxylic acids is 1. The van der Waals surface area contributed by atoms with E-state index >= 15 is 0 Å². The third kappa shape index (κ3) is 9.95. The lowest BCUT2D eigenvalue weighted by molar-refractivity contribution is -0.313. The smallest absolute Gasteiger partial charge is 0.317 e. The Morgan fingerprint density at radius 3 is 2.47 bits per heavy atom. The molecule has 1 aliphatic rings. The molecule has 0 saturated carbocycles. The predicted molar refractivity (Wildman–Crippen MR) is 109 cm³/mol. The number of carboxylic acid groups (broad SMARTS) is 1. The fraction of sp³-hybridized carbons (Fsp3) is 0.545. The number of ether oxygens (including phenoxy) is 3. The van der Waals surface area contributed by atoms with Gasteiger partial charge in [0.05, 0.1) is 12.7 Å². The predicted octanol–water partition coefficient (Wildman–Crippen LogP) is -1.44. The van der Waals surface area contributed by atoms with E-state index < -0.39 is 61.8 Å². The van der Waals surface area contributed by atoms with E-state index in [1.165, 1.54) is 0 Å². The van der Waals surface area contributed by atoms with Gasteiger partial charge in [0, 0.05) is 0 Å². The zero-order valence-corrected chi connectivity index (χ0v) is 17.4. The molecule has 1 saturated heterocycles. The molecule has 10 nitrogen and oxygen atoms in total. The number of aliphatic hydroxyl groups is 4. The third-order valence-electron chi connectivity index (χ3n) is 4.14. The summed E-state index contributed by atoms with van der Waals surface area (Å²) in [6.07, 6.45) is -5.18. The Kier molecular flexibility index (Phi) is 12.7. The molecule has 0 radical (unpaired) electrons. The van der Waals surface area contributed by atoms with Gasteiger partial charge in [-0.25, -0.2) is 0 Å². The minimum absolute atomic E-state index is 0.251. The third-order valence-corrected chi connectivity index (χ3v) is 4.14. The van der Waals surface area contributed by atoms with Crippen molar-refractivity contribution in [3.63, 3.8) is 0 Å². The van der Waals surface area contributed by atoms with Gasteiger partial charge in [0.2, 0.25) is 0 Å². The van der Waals surface area contributed by atoms with Gasteiger partial charge in [0.15, 0.2) is 6.29 Å². The highest BCUT2D eigenvalue weighted by Crippen LogP contribution is 2.24. The van der Waals surface area contributed by atoms with Crippen molar-refractivity contribution in [2.24, 2.45) is 0 Å². The molecule has 1 heterocycles. The van der Waals surface area contributed by atoms with Crippen LogP contribution in [0.1, 0.15) is 26.2 Å². The molecule has 10 heteroatoms. The summed E-state index contributed by atoms with van der Waals surface area (Å²) in [5, 5.41) is 47.8. The number of allylic oxidation sites excluding steroid dienone is 2. The van der Waals surface area contributed by atoms with Gasteiger partial charge in [-0.2, -0.15) is 0 Å². The first kappa shape index (κ1) is 27.2. The Morgan fingerprint density at radius 2 is 1.81 bits per heavy atom. The summed E-state index contributed by atoms with van der Waals surface area (Å²) in [5.74, 6) is 13.1. The molecule has 174 valence electrons. The van der Waals surface area contributed by atoms with Crippen molar-refractivity contribution in [1.29, 1.82) is 0 Å². The molecule has 0 spiro atoms. The minimum atomic E-state index is -1.63. The van der Waals surface area contributed by atoms with Crippen molar-refractivity contribution >= 4 is 11.9 Å². The average Bonchev–Trinajstić information content (AvgIpc) is 2.75. The quantitative estimate of drug-likeness (QED) is 0.151. The van der Waals surface area contributed by atoms with Crippen LogP contribution in [0.2, 0.25) is 0 Å². The number of carboxylic acids is 1. The zero-order chi connectivity index (χ0) is 23.9. The molecule has 5 N–H and O–H groups in total. The van der Waals surface area contributed by atoms with E-state index in [4.69, 9.17) is 19.3 Å². The van der Waals surface area contributed by atoms with Gasteiger partial charge in [0.1, 0.15) is 37.4 Å². The number of hydrogen-bond acceptors (Lipinski definition) is 9. The van der Waals surface area contributed by atoms with Crippen molar-refractivity contribution in [2.45, 2.75) is 63.0 Å². The van der Waals surface area contributed by atoms with E-state index in [1.807, 2.05) is 0 Å². The van der Waals surface area contributed by atoms with Crippen molar-refractivity contribution in [3.8, 4) is 35.5 Å². The summed E-state index contributed by atoms with van der Waals surface area (Å²) in [5.41, 5.74) is 0. The molecule has 1 unspecified atom stereocenters. The van der Waals surface area contributed by atoms with Crippen molar-refractivity contribution in [1.82, 2.24) is 0 Å². The van der Waals surface area contributed by atoms with Gasteiger partial charge in [-0.1, -0.05) is 17.9 Å². The fourth-order valence-electron chi connectivity index (χ4n) is 2.55. The number of carbonyl (C=O) groups is 2. The summed E-state index contributed by atoms with van der Waals surface area (Å²) in [7, 11) is 0. The van der Waals surface area contributed by atoms with Crippen molar-refractivity contribution in [3.05, 3.63) is 12.2 Å². The zero-order valence-electron chi connectivity index (χ0n) is 17.4. The molecular weight excluding hydrogens is 424 g/mol. The maximum Gasteiger partial charge on any atom is 0.317 e. The van der Waals surface area contributed by atoms with E-state index in [1.54, 1.807) is 19.1 Å². The maximum atomic E-state index is 11.5. The second-order valence-electron chi connectivity index (χ2n) is 6.58. The van der Waals surface area contributed by atoms with Gasteiger partial charge in [0.25, 0.3) is 0 Å². The summed E-state index contributed by atoms with van der Waals surface area (Å²) < 4.78 is 15.8. The van der Waals surface area contributed by atoms with Crippen LogP contribution >= 0.6 is 0 Å². The summed E-state index contributed by atoms with van der Waals surface area (Å²) in [6.45, 7) is 0.683. The lowest BCUT2D eigenvalue weighted by Gasteiger charge is -2.40. The molecule has 1 fully saturated rings. The molecule has 1 rings (SSSR count). The van der Waals surface area contributed by atoms with Crippen LogP contribution in [-0.4, -0.2) is 87.5 Å². The van der Waals surface area contributed by atoms with Crippen molar-refractivity contribution < 1.29 is 49.3 Å². The van der Waals surface area contributed by atoms with Crippen LogP contribution in [0.3, 0.4) is 0 Å². The summed E-state index contributed by atoms with van der Waals surface area (Å²) in [6, 6.07) is 0. The number of carbonyl (C=O) groups excluding carboxylic acids is 1. The number of rotatable bonds is 10. The molecular formula is C22H26O10. The molecule has 0 aliphatic carbocycles.